The minimum Gasteiger partial charge on any atom is -0.350 e. The van der Waals surface area contributed by atoms with Crippen molar-refractivity contribution in [3.63, 3.8) is 0 Å². The normalized spacial score (nSPS) is 12.5. The Morgan fingerprint density at radius 2 is 1.55 bits per heavy atom. The van der Waals surface area contributed by atoms with Crippen molar-refractivity contribution in [3.05, 3.63) is 92.4 Å². The molecule has 226 valence electrons. The number of carbonyl (C=O) groups is 2. The Hall–Kier alpha value is -2.78. The van der Waals surface area contributed by atoms with Crippen LogP contribution in [-0.4, -0.2) is 43.3 Å². The van der Waals surface area contributed by atoms with Crippen LogP contribution in [-0.2, 0) is 26.2 Å². The maximum atomic E-state index is 14.2. The second-order valence-electron chi connectivity index (χ2n) is 11.1. The molecule has 3 aromatic carbocycles. The summed E-state index contributed by atoms with van der Waals surface area (Å²) in [7, 11) is -4.22. The average molecular weight is 653 g/mol. The van der Waals surface area contributed by atoms with Gasteiger partial charge in [0.1, 0.15) is 12.6 Å². The Kier molecular flexibility index (Phi) is 11.0. The standard InChI is InChI=1S/C31H36Cl3N3O4S/c1-7-27(30(39)35-31(4,5)6)36(18-22-13-16-25(33)26(34)17-22)29(38)19-37(28-10-8-9-24(32)21(28)3)42(40,41)23-14-11-20(2)12-15-23/h8-17,27H,7,18-19H2,1-6H3,(H,35,39)/t27-/m0/s1. The molecule has 0 saturated carbocycles. The first-order valence-corrected chi connectivity index (χ1v) is 16.0. The summed E-state index contributed by atoms with van der Waals surface area (Å²) in [6.07, 6.45) is 0.288. The topological polar surface area (TPSA) is 86.8 Å². The zero-order valence-corrected chi connectivity index (χ0v) is 27.6. The number of carbonyl (C=O) groups excluding carboxylic acids is 2. The molecular formula is C31H36Cl3N3O4S. The van der Waals surface area contributed by atoms with Gasteiger partial charge in [0.25, 0.3) is 10.0 Å². The number of amides is 2. The summed E-state index contributed by atoms with van der Waals surface area (Å²) in [4.78, 5) is 29.1. The molecule has 7 nitrogen and oxygen atoms in total. The van der Waals surface area contributed by atoms with Crippen molar-refractivity contribution in [2.24, 2.45) is 0 Å². The number of hydrogen-bond donors (Lipinski definition) is 1. The third-order valence-corrected chi connectivity index (χ3v) is 9.54. The zero-order valence-electron chi connectivity index (χ0n) is 24.5. The molecule has 1 N–H and O–H groups in total. The van der Waals surface area contributed by atoms with Crippen LogP contribution in [0, 0.1) is 13.8 Å². The molecule has 3 aromatic rings. The van der Waals surface area contributed by atoms with Crippen molar-refractivity contribution >= 4 is 62.3 Å². The maximum absolute atomic E-state index is 14.2. The summed E-state index contributed by atoms with van der Waals surface area (Å²) in [6.45, 7) is 10.3. The number of hydrogen-bond acceptors (Lipinski definition) is 4. The second kappa shape index (κ2) is 13.7. The minimum absolute atomic E-state index is 0.00125. The van der Waals surface area contributed by atoms with E-state index in [-0.39, 0.29) is 29.5 Å². The first-order valence-electron chi connectivity index (χ1n) is 13.4. The minimum atomic E-state index is -4.22. The number of nitrogens with one attached hydrogen (secondary N) is 1. The molecule has 42 heavy (non-hydrogen) atoms. The molecule has 2 amide bonds. The van der Waals surface area contributed by atoms with E-state index in [1.165, 1.54) is 17.0 Å². The van der Waals surface area contributed by atoms with Gasteiger partial charge < -0.3 is 10.2 Å². The molecule has 0 saturated heterocycles. The molecule has 0 fully saturated rings. The van der Waals surface area contributed by atoms with Gasteiger partial charge in [-0.3, -0.25) is 13.9 Å². The maximum Gasteiger partial charge on any atom is 0.264 e. The molecule has 1 atom stereocenters. The van der Waals surface area contributed by atoms with Crippen molar-refractivity contribution in [2.45, 2.75) is 71.0 Å². The van der Waals surface area contributed by atoms with Crippen molar-refractivity contribution in [2.75, 3.05) is 10.8 Å². The summed E-state index contributed by atoms with van der Waals surface area (Å²) in [6, 6.07) is 15.3. The summed E-state index contributed by atoms with van der Waals surface area (Å²) in [5.74, 6) is -0.933. The lowest BCUT2D eigenvalue weighted by molar-refractivity contribution is -0.141. The van der Waals surface area contributed by atoms with Gasteiger partial charge in [0.15, 0.2) is 0 Å². The van der Waals surface area contributed by atoms with Crippen molar-refractivity contribution in [3.8, 4) is 0 Å². The predicted molar refractivity (Wildman–Crippen MR) is 171 cm³/mol. The third-order valence-electron chi connectivity index (χ3n) is 6.62. The van der Waals surface area contributed by atoms with Crippen LogP contribution in [0.3, 0.4) is 0 Å². The van der Waals surface area contributed by atoms with E-state index in [0.717, 1.165) is 9.87 Å². The van der Waals surface area contributed by atoms with Crippen LogP contribution >= 0.6 is 34.8 Å². The van der Waals surface area contributed by atoms with Crippen molar-refractivity contribution < 1.29 is 18.0 Å². The molecule has 11 heteroatoms. The molecule has 3 rings (SSSR count). The van der Waals surface area contributed by atoms with E-state index in [9.17, 15) is 18.0 Å². The van der Waals surface area contributed by atoms with E-state index in [4.69, 9.17) is 34.8 Å². The number of nitrogens with zero attached hydrogens (tertiary/aromatic N) is 2. The van der Waals surface area contributed by atoms with E-state index in [2.05, 4.69) is 5.32 Å². The Labute approximate surface area is 263 Å². The Morgan fingerprint density at radius 3 is 2.12 bits per heavy atom. The first-order chi connectivity index (χ1) is 19.5. The van der Waals surface area contributed by atoms with Gasteiger partial charge in [-0.05, 0) is 88.6 Å². The van der Waals surface area contributed by atoms with Crippen molar-refractivity contribution in [1.29, 1.82) is 0 Å². The van der Waals surface area contributed by atoms with E-state index in [1.54, 1.807) is 62.4 Å². The van der Waals surface area contributed by atoms with E-state index < -0.39 is 34.1 Å². The van der Waals surface area contributed by atoms with Gasteiger partial charge in [-0.1, -0.05) is 71.6 Å². The number of rotatable bonds is 10. The van der Waals surface area contributed by atoms with Crippen LogP contribution < -0.4 is 9.62 Å². The van der Waals surface area contributed by atoms with Crippen LogP contribution in [0.5, 0.6) is 0 Å². The van der Waals surface area contributed by atoms with E-state index in [1.807, 2.05) is 27.7 Å². The molecular weight excluding hydrogens is 617 g/mol. The van der Waals surface area contributed by atoms with Gasteiger partial charge in [-0.25, -0.2) is 8.42 Å². The van der Waals surface area contributed by atoms with Crippen LogP contribution in [0.1, 0.15) is 50.8 Å². The average Bonchev–Trinajstić information content (AvgIpc) is 2.90. The lowest BCUT2D eigenvalue weighted by atomic mass is 10.1. The number of sulfonamides is 1. The molecule has 0 aliphatic carbocycles. The smallest absolute Gasteiger partial charge is 0.264 e. The Morgan fingerprint density at radius 1 is 0.905 bits per heavy atom. The number of halogens is 3. The molecule has 0 bridgehead atoms. The molecule has 0 aromatic heterocycles. The van der Waals surface area contributed by atoms with E-state index in [0.29, 0.717) is 26.2 Å². The van der Waals surface area contributed by atoms with Gasteiger partial charge in [-0.15, -0.1) is 0 Å². The van der Waals surface area contributed by atoms with Gasteiger partial charge in [0.2, 0.25) is 11.8 Å². The summed E-state index contributed by atoms with van der Waals surface area (Å²) < 4.78 is 29.2. The van der Waals surface area contributed by atoms with Gasteiger partial charge in [0, 0.05) is 17.1 Å². The van der Waals surface area contributed by atoms with Crippen LogP contribution in [0.15, 0.2) is 65.6 Å². The molecule has 0 unspecified atom stereocenters. The predicted octanol–water partition coefficient (Wildman–Crippen LogP) is 7.18. The highest BCUT2D eigenvalue weighted by Gasteiger charge is 2.35. The first kappa shape index (κ1) is 33.7. The third kappa shape index (κ3) is 8.19. The van der Waals surface area contributed by atoms with Crippen LogP contribution in [0.2, 0.25) is 15.1 Å². The molecule has 0 spiro atoms. The summed E-state index contributed by atoms with van der Waals surface area (Å²) in [5.41, 5.74) is 1.72. The monoisotopic (exact) mass is 651 g/mol. The van der Waals surface area contributed by atoms with Gasteiger partial charge >= 0.3 is 0 Å². The molecule has 0 aliphatic rings. The summed E-state index contributed by atoms with van der Waals surface area (Å²) in [5, 5.41) is 3.95. The summed E-state index contributed by atoms with van der Waals surface area (Å²) >= 11 is 18.8. The highest BCUT2D eigenvalue weighted by Crippen LogP contribution is 2.32. The Balaban J connectivity index is 2.13. The van der Waals surface area contributed by atoms with Crippen LogP contribution in [0.4, 0.5) is 5.69 Å². The lowest BCUT2D eigenvalue weighted by Crippen LogP contribution is -2.55. The SMILES string of the molecule is CC[C@@H](C(=O)NC(C)(C)C)N(Cc1ccc(Cl)c(Cl)c1)C(=O)CN(c1cccc(Cl)c1C)S(=O)(=O)c1ccc(C)cc1. The highest BCUT2D eigenvalue weighted by atomic mass is 35.5. The number of anilines is 1. The Bertz CT molecular complexity index is 1550. The van der Waals surface area contributed by atoms with Gasteiger partial charge in [0.05, 0.1) is 20.6 Å². The van der Waals surface area contributed by atoms with E-state index >= 15 is 0 Å². The second-order valence-corrected chi connectivity index (χ2v) is 14.2. The lowest BCUT2D eigenvalue weighted by Gasteiger charge is -2.35. The quantitative estimate of drug-likeness (QED) is 0.251. The fourth-order valence-electron chi connectivity index (χ4n) is 4.42. The fraction of sp³-hybridized carbons (Fsp3) is 0.355. The molecule has 0 aliphatic heterocycles. The highest BCUT2D eigenvalue weighted by molar-refractivity contribution is 7.92. The largest absolute Gasteiger partial charge is 0.350 e. The van der Waals surface area contributed by atoms with Gasteiger partial charge in [-0.2, -0.15) is 0 Å². The number of benzene rings is 3. The van der Waals surface area contributed by atoms with Crippen LogP contribution in [0.25, 0.3) is 0 Å². The molecule has 0 radical (unpaired) electrons. The molecule has 0 heterocycles. The zero-order chi connectivity index (χ0) is 31.4. The van der Waals surface area contributed by atoms with Crippen molar-refractivity contribution in [1.82, 2.24) is 10.2 Å². The number of aryl methyl sites for hydroxylation is 1. The fourth-order valence-corrected chi connectivity index (χ4v) is 6.39.